The molecular weight excluding hydrogens is 463 g/mol. The minimum absolute atomic E-state index is 0. The summed E-state index contributed by atoms with van der Waals surface area (Å²) in [5, 5.41) is 8.61. The molecule has 4 rings (SSSR count). The van der Waals surface area contributed by atoms with Crippen LogP contribution < -0.4 is 10.1 Å². The molecule has 33 heavy (non-hydrogen) atoms. The number of nitrogens with zero attached hydrogens (tertiary/aromatic N) is 3. The van der Waals surface area contributed by atoms with Crippen LogP contribution in [0.3, 0.4) is 0 Å². The van der Waals surface area contributed by atoms with Gasteiger partial charge in [-0.25, -0.2) is 14.5 Å². The SMILES string of the molecule is CCOC(=O)c1cnc2c(cnn2CC(Cl)COc2ccccc2)c1NC1CCCCC1.Cl. The van der Waals surface area contributed by atoms with Crippen LogP contribution >= 0.6 is 24.0 Å². The zero-order valence-corrected chi connectivity index (χ0v) is 20.3. The average Bonchev–Trinajstić information content (AvgIpc) is 3.22. The van der Waals surface area contributed by atoms with Gasteiger partial charge in [-0.15, -0.1) is 24.0 Å². The third-order valence-corrected chi connectivity index (χ3v) is 5.92. The molecule has 0 saturated heterocycles. The largest absolute Gasteiger partial charge is 0.492 e. The monoisotopic (exact) mass is 492 g/mol. The van der Waals surface area contributed by atoms with E-state index in [1.165, 1.54) is 19.3 Å². The maximum Gasteiger partial charge on any atom is 0.341 e. The second kappa shape index (κ2) is 12.1. The van der Waals surface area contributed by atoms with Crippen molar-refractivity contribution in [1.82, 2.24) is 14.8 Å². The molecule has 0 spiro atoms. The number of pyridine rings is 1. The molecule has 178 valence electrons. The minimum Gasteiger partial charge on any atom is -0.492 e. The Bertz CT molecular complexity index is 1040. The zero-order chi connectivity index (χ0) is 22.3. The summed E-state index contributed by atoms with van der Waals surface area (Å²) < 4.78 is 12.8. The lowest BCUT2D eigenvalue weighted by Gasteiger charge is -2.25. The number of halogens is 2. The number of hydrogen-bond acceptors (Lipinski definition) is 6. The highest BCUT2D eigenvalue weighted by Crippen LogP contribution is 2.30. The van der Waals surface area contributed by atoms with Crippen molar-refractivity contribution in [2.24, 2.45) is 0 Å². The topological polar surface area (TPSA) is 78.3 Å². The van der Waals surface area contributed by atoms with Gasteiger partial charge in [0.05, 0.1) is 35.8 Å². The molecule has 1 saturated carbocycles. The normalized spacial score (nSPS) is 15.0. The smallest absolute Gasteiger partial charge is 0.341 e. The molecule has 2 aromatic heterocycles. The number of ether oxygens (including phenoxy) is 2. The molecule has 0 bridgehead atoms. The number of esters is 1. The molecule has 1 aliphatic rings. The summed E-state index contributed by atoms with van der Waals surface area (Å²) >= 11 is 6.54. The van der Waals surface area contributed by atoms with Gasteiger partial charge in [0, 0.05) is 12.2 Å². The van der Waals surface area contributed by atoms with Gasteiger partial charge in [-0.1, -0.05) is 37.5 Å². The lowest BCUT2D eigenvalue weighted by atomic mass is 9.95. The highest BCUT2D eigenvalue weighted by atomic mass is 35.5. The lowest BCUT2D eigenvalue weighted by molar-refractivity contribution is 0.0527. The van der Waals surface area contributed by atoms with E-state index in [1.807, 2.05) is 30.3 Å². The molecule has 3 aromatic rings. The Morgan fingerprint density at radius 3 is 2.70 bits per heavy atom. The fraction of sp³-hybridized carbons (Fsp3) is 0.458. The predicted octanol–water partition coefficient (Wildman–Crippen LogP) is 5.46. The number of hydrogen-bond donors (Lipinski definition) is 1. The Labute approximate surface area is 205 Å². The first kappa shape index (κ1) is 25.1. The number of nitrogens with one attached hydrogen (secondary N) is 1. The predicted molar refractivity (Wildman–Crippen MR) is 133 cm³/mol. The van der Waals surface area contributed by atoms with E-state index in [4.69, 9.17) is 21.1 Å². The number of anilines is 1. The molecule has 0 amide bonds. The van der Waals surface area contributed by atoms with Gasteiger partial charge in [0.25, 0.3) is 0 Å². The van der Waals surface area contributed by atoms with Crippen LogP contribution in [0.4, 0.5) is 5.69 Å². The van der Waals surface area contributed by atoms with Crippen molar-refractivity contribution in [3.05, 3.63) is 48.3 Å². The minimum atomic E-state index is -0.376. The maximum absolute atomic E-state index is 12.6. The Hall–Kier alpha value is -2.51. The maximum atomic E-state index is 12.6. The van der Waals surface area contributed by atoms with Crippen LogP contribution in [0.1, 0.15) is 49.4 Å². The first-order chi connectivity index (χ1) is 15.7. The molecule has 9 heteroatoms. The number of alkyl halides is 1. The molecule has 7 nitrogen and oxygen atoms in total. The molecule has 1 aliphatic carbocycles. The van der Waals surface area contributed by atoms with Gasteiger partial charge >= 0.3 is 5.97 Å². The highest BCUT2D eigenvalue weighted by Gasteiger charge is 2.23. The summed E-state index contributed by atoms with van der Waals surface area (Å²) in [5.41, 5.74) is 1.87. The van der Waals surface area contributed by atoms with Gasteiger partial charge in [0.2, 0.25) is 0 Å². The van der Waals surface area contributed by atoms with E-state index in [2.05, 4.69) is 15.4 Å². The number of carbonyl (C=O) groups is 1. The van der Waals surface area contributed by atoms with E-state index < -0.39 is 0 Å². The van der Waals surface area contributed by atoms with Crippen molar-refractivity contribution >= 4 is 46.7 Å². The molecule has 1 unspecified atom stereocenters. The van der Waals surface area contributed by atoms with Crippen molar-refractivity contribution in [3.63, 3.8) is 0 Å². The lowest BCUT2D eigenvalue weighted by Crippen LogP contribution is -2.24. The van der Waals surface area contributed by atoms with Crippen molar-refractivity contribution in [2.75, 3.05) is 18.5 Å². The van der Waals surface area contributed by atoms with Crippen molar-refractivity contribution < 1.29 is 14.3 Å². The Balaban J connectivity index is 0.00000306. The second-order valence-electron chi connectivity index (χ2n) is 8.03. The van der Waals surface area contributed by atoms with Crippen LogP contribution in [0.15, 0.2) is 42.7 Å². The van der Waals surface area contributed by atoms with Crippen LogP contribution in [0.2, 0.25) is 0 Å². The molecule has 2 heterocycles. The standard InChI is InChI=1S/C24H29ClN4O3.ClH/c1-2-31-24(30)21-13-26-23-20(22(21)28-18-9-5-3-6-10-18)14-27-29(23)15-17(25)16-32-19-11-7-4-8-12-19;/h4,7-8,11-14,17-18H,2-3,5-6,9-10,15-16H2,1H3,(H,26,28);1H. The molecule has 1 N–H and O–H groups in total. The van der Waals surface area contributed by atoms with E-state index in [1.54, 1.807) is 24.0 Å². The molecular formula is C24H30Cl2N4O3. The van der Waals surface area contributed by atoms with Gasteiger partial charge in [0.15, 0.2) is 5.65 Å². The number of carbonyl (C=O) groups excluding carboxylic acids is 1. The number of aromatic nitrogens is 3. The van der Waals surface area contributed by atoms with Crippen LogP contribution in [0, 0.1) is 0 Å². The zero-order valence-electron chi connectivity index (χ0n) is 18.7. The number of benzene rings is 1. The van der Waals surface area contributed by atoms with Crippen LogP contribution in [0.5, 0.6) is 5.75 Å². The van der Waals surface area contributed by atoms with E-state index in [9.17, 15) is 4.79 Å². The molecule has 0 radical (unpaired) electrons. The van der Waals surface area contributed by atoms with Gasteiger partial charge < -0.3 is 14.8 Å². The Kier molecular flexibility index (Phi) is 9.21. The second-order valence-corrected chi connectivity index (χ2v) is 8.65. The number of fused-ring (bicyclic) bond motifs is 1. The van der Waals surface area contributed by atoms with Crippen molar-refractivity contribution in [2.45, 2.75) is 57.0 Å². The summed E-state index contributed by atoms with van der Waals surface area (Å²) in [6.45, 7) is 2.90. The summed E-state index contributed by atoms with van der Waals surface area (Å²) in [6, 6.07) is 9.90. The summed E-state index contributed by atoms with van der Waals surface area (Å²) in [5.74, 6) is 0.402. The Morgan fingerprint density at radius 2 is 1.97 bits per heavy atom. The molecule has 1 aromatic carbocycles. The van der Waals surface area contributed by atoms with E-state index in [0.717, 1.165) is 29.7 Å². The van der Waals surface area contributed by atoms with Crippen LogP contribution in [-0.4, -0.2) is 45.4 Å². The van der Waals surface area contributed by atoms with E-state index in [0.29, 0.717) is 37.0 Å². The number of para-hydroxylation sites is 1. The Morgan fingerprint density at radius 1 is 1.21 bits per heavy atom. The van der Waals surface area contributed by atoms with E-state index >= 15 is 0 Å². The molecule has 1 atom stereocenters. The molecule has 0 aliphatic heterocycles. The van der Waals surface area contributed by atoms with Crippen molar-refractivity contribution in [1.29, 1.82) is 0 Å². The first-order valence-electron chi connectivity index (χ1n) is 11.3. The quantitative estimate of drug-likeness (QED) is 0.315. The average molecular weight is 493 g/mol. The van der Waals surface area contributed by atoms with E-state index in [-0.39, 0.29) is 23.8 Å². The fourth-order valence-electron chi connectivity index (χ4n) is 4.07. The van der Waals surface area contributed by atoms with Gasteiger partial charge in [-0.05, 0) is 31.9 Å². The third-order valence-electron chi connectivity index (χ3n) is 5.66. The fourth-order valence-corrected chi connectivity index (χ4v) is 4.27. The third kappa shape index (κ3) is 6.30. The molecule has 1 fully saturated rings. The number of rotatable bonds is 9. The summed E-state index contributed by atoms with van der Waals surface area (Å²) in [6.07, 6.45) is 9.13. The van der Waals surface area contributed by atoms with Gasteiger partial charge in [0.1, 0.15) is 17.9 Å². The first-order valence-corrected chi connectivity index (χ1v) is 11.7. The highest BCUT2D eigenvalue weighted by molar-refractivity contribution is 6.20. The van der Waals surface area contributed by atoms with Gasteiger partial charge in [-0.2, -0.15) is 5.10 Å². The van der Waals surface area contributed by atoms with Crippen LogP contribution in [0.25, 0.3) is 11.0 Å². The summed E-state index contributed by atoms with van der Waals surface area (Å²) in [7, 11) is 0. The summed E-state index contributed by atoms with van der Waals surface area (Å²) in [4.78, 5) is 17.1. The van der Waals surface area contributed by atoms with Crippen molar-refractivity contribution in [3.8, 4) is 5.75 Å². The van der Waals surface area contributed by atoms with Crippen LogP contribution in [-0.2, 0) is 11.3 Å². The van der Waals surface area contributed by atoms with Gasteiger partial charge in [-0.3, -0.25) is 0 Å².